The molecule has 716 valence electrons. The fourth-order valence-corrected chi connectivity index (χ4v) is 21.0. The number of allylic oxidation sites excluding steroid dienone is 2. The van der Waals surface area contributed by atoms with Crippen molar-refractivity contribution < 1.29 is 0 Å². The molecule has 0 spiro atoms. The number of piperidine rings is 2. The second kappa shape index (κ2) is 41.9. The lowest BCUT2D eigenvalue weighted by molar-refractivity contribution is 0.363. The first-order chi connectivity index (χ1) is 68.8. The Bertz CT molecular complexity index is 7180. The average Bonchev–Trinajstić information content (AvgIpc) is 1.58. The summed E-state index contributed by atoms with van der Waals surface area (Å²) in [6, 6.07) is 11.8. The molecule has 10 aliphatic rings. The highest BCUT2D eigenvalue weighted by Gasteiger charge is 2.38. The molecule has 0 aromatic carbocycles. The summed E-state index contributed by atoms with van der Waals surface area (Å²) in [6.45, 7) is 23.7. The molecule has 0 saturated carbocycles. The van der Waals surface area contributed by atoms with E-state index in [4.69, 9.17) is 34.9 Å². The van der Waals surface area contributed by atoms with E-state index in [0.717, 1.165) is 213 Å². The molecule has 5 fully saturated rings. The predicted molar refractivity (Wildman–Crippen MR) is 565 cm³/mol. The van der Waals surface area contributed by atoms with Gasteiger partial charge < -0.3 is 40.4 Å². The van der Waals surface area contributed by atoms with Crippen molar-refractivity contribution in [2.75, 3.05) is 103 Å². The minimum Gasteiger partial charge on any atom is -0.356 e. The van der Waals surface area contributed by atoms with E-state index in [0.29, 0.717) is 53.0 Å². The van der Waals surface area contributed by atoms with E-state index in [1.807, 2.05) is 127 Å². The highest BCUT2D eigenvalue weighted by molar-refractivity contribution is 9.11. The maximum atomic E-state index is 4.90. The summed E-state index contributed by atoms with van der Waals surface area (Å²) in [7, 11) is 0. The number of nitrogens with one attached hydrogen (secondary N) is 3. The highest BCUT2D eigenvalue weighted by Crippen LogP contribution is 2.37. The van der Waals surface area contributed by atoms with Crippen LogP contribution < -0.4 is 40.4 Å². The monoisotopic (exact) mass is 2200 g/mol. The molecular formula is C98H99Br5N38. The SMILES string of the molecule is Brc1cn2c(-c3nccc(N4CCNC(C5=CCN=C5)C4)n3)cnc2cn1.CC1=NC(C2CCCN(c3ccnc(-c4cnc5cnc(Br)cn45)n3)C2)=CC1.CC1=NC(C2CCCN(c3ccnc(-c4cnc5cnc(Br)cn45)n3)C2)=CC1.CC1CN(c2ccnc(-c3cnc4cnc(Br)cn34)n2)C(C)C(C2=CCN=C2)N1.CC1CN(c2ccnc(-c3cnc4cnc(Br)cn34)n2)C(C)C(C2=CCN=C2)N1. The van der Waals surface area contributed by atoms with E-state index >= 15 is 0 Å². The second-order valence-corrected chi connectivity index (χ2v) is 40.0. The first-order valence-electron chi connectivity index (χ1n) is 47.0. The highest BCUT2D eigenvalue weighted by atomic mass is 79.9. The van der Waals surface area contributed by atoms with Gasteiger partial charge in [0.25, 0.3) is 0 Å². The van der Waals surface area contributed by atoms with Gasteiger partial charge in [-0.25, -0.2) is 99.7 Å². The molecule has 5 saturated heterocycles. The average molecular weight is 2210 g/mol. The molecule has 25 rings (SSSR count). The maximum Gasteiger partial charge on any atom is 0.180 e. The van der Waals surface area contributed by atoms with Gasteiger partial charge in [-0.1, -0.05) is 30.4 Å². The van der Waals surface area contributed by atoms with Gasteiger partial charge in [-0.15, -0.1) is 0 Å². The molecule has 25 heterocycles. The predicted octanol–water partition coefficient (Wildman–Crippen LogP) is 14.6. The minimum absolute atomic E-state index is 0.223. The van der Waals surface area contributed by atoms with Crippen LogP contribution in [0.4, 0.5) is 29.1 Å². The summed E-state index contributed by atoms with van der Waals surface area (Å²) in [5.74, 6) is 8.88. The van der Waals surface area contributed by atoms with Crippen LogP contribution in [0.5, 0.6) is 0 Å². The van der Waals surface area contributed by atoms with E-state index in [2.05, 4.69) is 282 Å². The molecule has 3 N–H and O–H groups in total. The van der Waals surface area contributed by atoms with E-state index in [1.54, 1.807) is 68.2 Å². The van der Waals surface area contributed by atoms with Crippen molar-refractivity contribution in [1.82, 2.24) is 138 Å². The molecule has 0 amide bonds. The van der Waals surface area contributed by atoms with Gasteiger partial charge in [-0.3, -0.25) is 47.0 Å². The first kappa shape index (κ1) is 94.1. The Morgan fingerprint density at radius 1 is 0.333 bits per heavy atom. The van der Waals surface area contributed by atoms with Crippen LogP contribution >= 0.6 is 79.6 Å². The van der Waals surface area contributed by atoms with Gasteiger partial charge in [0, 0.05) is 211 Å². The molecule has 0 bridgehead atoms. The third-order valence-electron chi connectivity index (χ3n) is 26.4. The van der Waals surface area contributed by atoms with Gasteiger partial charge in [0.05, 0.1) is 99.7 Å². The molecule has 15 aromatic heterocycles. The molecule has 10 aliphatic heterocycles. The van der Waals surface area contributed by atoms with Crippen molar-refractivity contribution in [1.29, 1.82) is 0 Å². The Kier molecular flexibility index (Phi) is 28.0. The van der Waals surface area contributed by atoms with Crippen LogP contribution in [0.25, 0.3) is 85.8 Å². The lowest BCUT2D eigenvalue weighted by Crippen LogP contribution is -2.61. The molecular weight excluding hydrogens is 2110 g/mol. The molecule has 43 heteroatoms. The third-order valence-corrected chi connectivity index (χ3v) is 28.4. The number of rotatable bonds is 15. The molecule has 9 unspecified atom stereocenters. The van der Waals surface area contributed by atoms with Crippen LogP contribution in [0.2, 0.25) is 0 Å². The van der Waals surface area contributed by atoms with Gasteiger partial charge >= 0.3 is 0 Å². The fraction of sp³-hybridized carbons (Fsp3) is 0.337. The summed E-state index contributed by atoms with van der Waals surface area (Å²) < 4.78 is 13.4. The van der Waals surface area contributed by atoms with Crippen molar-refractivity contribution in [3.8, 4) is 57.6 Å². The topological polar surface area (TPSA) is 394 Å². The zero-order chi connectivity index (χ0) is 96.3. The van der Waals surface area contributed by atoms with Crippen molar-refractivity contribution in [3.63, 3.8) is 0 Å². The Morgan fingerprint density at radius 2 is 0.645 bits per heavy atom. The smallest absolute Gasteiger partial charge is 0.180 e. The Hall–Kier alpha value is -13.2. The van der Waals surface area contributed by atoms with Crippen molar-refractivity contribution in [2.45, 2.75) is 122 Å². The number of fused-ring (bicyclic) bond motifs is 5. The van der Waals surface area contributed by atoms with Crippen molar-refractivity contribution in [3.05, 3.63) is 236 Å². The molecule has 15 aromatic rings. The fourth-order valence-electron chi connectivity index (χ4n) is 19.4. The normalized spacial score (nSPS) is 21.6. The molecule has 0 radical (unpaired) electrons. The Labute approximate surface area is 853 Å². The third kappa shape index (κ3) is 20.9. The Morgan fingerprint density at radius 3 is 0.957 bits per heavy atom. The Balaban J connectivity index is 0.000000104. The van der Waals surface area contributed by atoms with Gasteiger partial charge in [-0.05, 0) is 194 Å². The van der Waals surface area contributed by atoms with Crippen LogP contribution in [0, 0.1) is 11.8 Å². The molecule has 141 heavy (non-hydrogen) atoms. The lowest BCUT2D eigenvalue weighted by atomic mass is 9.95. The zero-order valence-corrected chi connectivity index (χ0v) is 85.9. The van der Waals surface area contributed by atoms with Gasteiger partial charge in [0.1, 0.15) is 80.6 Å². The lowest BCUT2D eigenvalue weighted by Gasteiger charge is -2.44. The molecule has 0 aliphatic carbocycles. The van der Waals surface area contributed by atoms with Crippen LogP contribution in [0.3, 0.4) is 0 Å². The molecule has 38 nitrogen and oxygen atoms in total. The van der Waals surface area contributed by atoms with Crippen molar-refractivity contribution in [2.24, 2.45) is 36.8 Å². The number of anilines is 5. The number of nitrogens with zero attached hydrogens (tertiary/aromatic N) is 35. The molecule has 9 atom stereocenters. The number of imidazole rings is 5. The maximum absolute atomic E-state index is 4.90. The van der Waals surface area contributed by atoms with Gasteiger partial charge in [-0.2, -0.15) is 0 Å². The van der Waals surface area contributed by atoms with Gasteiger partial charge in [0.2, 0.25) is 0 Å². The number of halogens is 5. The minimum atomic E-state index is 0.223. The number of aliphatic imine (C=N–C) groups is 5. The standard InChI is InChI=1S/2C20H21BrN8.2C20H20BrN7.C18H17BrN8/c2*1-12-10-28(13(2)19(26-12)14-3-5-22-7-14)17-4-6-23-20(27-17)15-8-25-18-9-24-16(21)11-29(15)18;2*1-13-4-5-15(25-13)14-3-2-8-27(11-14)18-6-7-22-20(26-18)16-9-24-19-10-23-17(21)12-28(16)19;19-15-11-27-14(8-24-17(27)9-23-15)18-22-4-2-16(25-18)26-6-5-21-13(10-26)12-1-3-20-7-12/h2*3-4,6-9,11-13,19,26H,5,10H2,1-2H3;2*5-7,9-10,12,14H,2-4,8,11H2,1H3;1-2,4,7-9,11,13,21H,3,5-6,10H2. The summed E-state index contributed by atoms with van der Waals surface area (Å²) in [5.41, 5.74) is 16.7. The van der Waals surface area contributed by atoms with E-state index < -0.39 is 0 Å². The second-order valence-electron chi connectivity index (χ2n) is 36.0. The number of hydrogen-bond acceptors (Lipinski definition) is 33. The number of hydrogen-bond donors (Lipinski definition) is 3. The quantitative estimate of drug-likeness (QED) is 0.0858. The number of aromatic nitrogens is 25. The van der Waals surface area contributed by atoms with Crippen molar-refractivity contribution >= 4 is 167 Å². The summed E-state index contributed by atoms with van der Waals surface area (Å²) in [4.78, 5) is 124. The van der Waals surface area contributed by atoms with E-state index in [9.17, 15) is 0 Å². The summed E-state index contributed by atoms with van der Waals surface area (Å²) in [6.07, 6.45) is 59.8. The summed E-state index contributed by atoms with van der Waals surface area (Å²) in [5, 5.41) is 11.0. The van der Waals surface area contributed by atoms with Crippen LogP contribution in [0.1, 0.15) is 80.1 Å². The van der Waals surface area contributed by atoms with Gasteiger partial charge in [0.15, 0.2) is 57.4 Å². The largest absolute Gasteiger partial charge is 0.356 e. The van der Waals surface area contributed by atoms with Crippen LogP contribution in [-0.2, 0) is 0 Å². The first-order valence-corrected chi connectivity index (χ1v) is 51.0. The summed E-state index contributed by atoms with van der Waals surface area (Å²) >= 11 is 17.1. The van der Waals surface area contributed by atoms with Crippen LogP contribution in [-0.4, -0.2) is 273 Å². The van der Waals surface area contributed by atoms with Crippen LogP contribution in [0.15, 0.2) is 261 Å². The number of piperazine rings is 3. The van der Waals surface area contributed by atoms with E-state index in [-0.39, 0.29) is 30.2 Å². The van der Waals surface area contributed by atoms with E-state index in [1.165, 1.54) is 52.4 Å². The zero-order valence-electron chi connectivity index (χ0n) is 78.0.